The van der Waals surface area contributed by atoms with Gasteiger partial charge in [-0.1, -0.05) is 12.1 Å². The molecule has 0 unspecified atom stereocenters. The topological polar surface area (TPSA) is 45.2 Å². The van der Waals surface area contributed by atoms with Crippen LogP contribution in [-0.2, 0) is 0 Å². The van der Waals surface area contributed by atoms with Crippen molar-refractivity contribution >= 4 is 40.0 Å². The lowest BCUT2D eigenvalue weighted by Gasteiger charge is -2.12. The van der Waals surface area contributed by atoms with E-state index in [0.717, 1.165) is 9.39 Å². The van der Waals surface area contributed by atoms with E-state index in [4.69, 9.17) is 0 Å². The maximum absolute atomic E-state index is 12.1. The number of rotatable bonds is 3. The second-order valence-corrected chi connectivity index (χ2v) is 5.40. The number of amides is 1. The predicted molar refractivity (Wildman–Crippen MR) is 85.7 cm³/mol. The average Bonchev–Trinajstić information content (AvgIpc) is 2.39. The number of carbonyl (C=O) groups excluding carboxylic acids is 1. The quantitative estimate of drug-likeness (QED) is 0.849. The van der Waals surface area contributed by atoms with Crippen molar-refractivity contribution in [3.63, 3.8) is 0 Å². The lowest BCUT2D eigenvalue weighted by atomic mass is 10.2. The number of aromatic nitrogens is 1. The number of hydrogen-bond acceptors (Lipinski definition) is 3. The van der Waals surface area contributed by atoms with Gasteiger partial charge in [-0.3, -0.25) is 4.79 Å². The summed E-state index contributed by atoms with van der Waals surface area (Å²) in [6.07, 6.45) is 1.66. The molecule has 98 valence electrons. The molecule has 0 aliphatic rings. The summed E-state index contributed by atoms with van der Waals surface area (Å²) in [5.74, 6) is 0.733. The van der Waals surface area contributed by atoms with Crippen molar-refractivity contribution in [3.05, 3.63) is 51.7 Å². The summed E-state index contributed by atoms with van der Waals surface area (Å²) in [6, 6.07) is 11.2. The molecule has 2 aromatic rings. The van der Waals surface area contributed by atoms with Crippen LogP contribution < -0.4 is 10.2 Å². The second-order valence-electron chi connectivity index (χ2n) is 4.23. The minimum absolute atomic E-state index is 0.121. The highest BCUT2D eigenvalue weighted by Crippen LogP contribution is 2.15. The van der Waals surface area contributed by atoms with Gasteiger partial charge in [-0.15, -0.1) is 0 Å². The first-order valence-electron chi connectivity index (χ1n) is 5.77. The first kappa shape index (κ1) is 13.8. The van der Waals surface area contributed by atoms with Gasteiger partial charge < -0.3 is 10.2 Å². The van der Waals surface area contributed by atoms with E-state index < -0.39 is 0 Å². The third-order valence-electron chi connectivity index (χ3n) is 2.58. The molecule has 1 aromatic heterocycles. The Morgan fingerprint density at radius 2 is 1.95 bits per heavy atom. The van der Waals surface area contributed by atoms with Crippen molar-refractivity contribution in [3.8, 4) is 0 Å². The maximum atomic E-state index is 12.1. The smallest absolute Gasteiger partial charge is 0.256 e. The number of hydrogen-bond donors (Lipinski definition) is 1. The van der Waals surface area contributed by atoms with Crippen molar-refractivity contribution in [1.29, 1.82) is 0 Å². The van der Waals surface area contributed by atoms with Crippen LogP contribution >= 0.6 is 22.6 Å². The molecule has 4 nitrogen and oxygen atoms in total. The number of halogens is 1. The van der Waals surface area contributed by atoms with Gasteiger partial charge in [-0.05, 0) is 46.9 Å². The molecule has 1 aromatic carbocycles. The van der Waals surface area contributed by atoms with E-state index in [0.29, 0.717) is 11.3 Å². The van der Waals surface area contributed by atoms with E-state index in [1.54, 1.807) is 12.3 Å². The summed E-state index contributed by atoms with van der Waals surface area (Å²) in [5.41, 5.74) is 1.36. The first-order chi connectivity index (χ1) is 9.08. The molecule has 19 heavy (non-hydrogen) atoms. The number of nitrogens with one attached hydrogen (secondary N) is 1. The average molecular weight is 367 g/mol. The molecular weight excluding hydrogens is 353 g/mol. The number of pyridine rings is 1. The van der Waals surface area contributed by atoms with Crippen LogP contribution in [-0.4, -0.2) is 25.0 Å². The van der Waals surface area contributed by atoms with Crippen LogP contribution in [0.4, 0.5) is 11.5 Å². The van der Waals surface area contributed by atoms with Crippen molar-refractivity contribution in [2.24, 2.45) is 0 Å². The standard InChI is InChI=1S/C14H14IN3O/c1-18(2)13-8-7-10(9-16-13)17-14(19)11-5-3-4-6-12(11)15/h3-9H,1-2H3,(H,17,19). The fraction of sp³-hybridized carbons (Fsp3) is 0.143. The van der Waals surface area contributed by atoms with Gasteiger partial charge in [0.05, 0.1) is 17.4 Å². The molecule has 1 heterocycles. The maximum Gasteiger partial charge on any atom is 0.256 e. The van der Waals surface area contributed by atoms with Crippen LogP contribution in [0.1, 0.15) is 10.4 Å². The lowest BCUT2D eigenvalue weighted by Crippen LogP contribution is -2.14. The van der Waals surface area contributed by atoms with Gasteiger partial charge >= 0.3 is 0 Å². The van der Waals surface area contributed by atoms with Crippen molar-refractivity contribution in [1.82, 2.24) is 4.98 Å². The Labute approximate surface area is 126 Å². The van der Waals surface area contributed by atoms with Crippen LogP contribution in [0.25, 0.3) is 0 Å². The Balaban J connectivity index is 2.13. The van der Waals surface area contributed by atoms with Gasteiger partial charge in [-0.2, -0.15) is 0 Å². The van der Waals surface area contributed by atoms with E-state index in [-0.39, 0.29) is 5.91 Å². The van der Waals surface area contributed by atoms with E-state index in [2.05, 4.69) is 32.9 Å². The molecular formula is C14H14IN3O. The largest absolute Gasteiger partial charge is 0.363 e. The van der Waals surface area contributed by atoms with Crippen molar-refractivity contribution in [2.75, 3.05) is 24.3 Å². The van der Waals surface area contributed by atoms with Crippen LogP contribution in [0.3, 0.4) is 0 Å². The molecule has 0 bridgehead atoms. The number of anilines is 2. The number of carbonyl (C=O) groups is 1. The molecule has 5 heteroatoms. The summed E-state index contributed by atoms with van der Waals surface area (Å²) in [7, 11) is 3.85. The van der Waals surface area contributed by atoms with Crippen LogP contribution in [0.15, 0.2) is 42.6 Å². The van der Waals surface area contributed by atoms with Crippen LogP contribution in [0, 0.1) is 3.57 Å². The Hall–Kier alpha value is -1.63. The van der Waals surface area contributed by atoms with Crippen LogP contribution in [0.2, 0.25) is 0 Å². The van der Waals surface area contributed by atoms with Crippen molar-refractivity contribution < 1.29 is 4.79 Å². The second kappa shape index (κ2) is 6.01. The minimum atomic E-state index is -0.121. The van der Waals surface area contributed by atoms with Gasteiger partial charge in [0.15, 0.2) is 0 Å². The monoisotopic (exact) mass is 367 g/mol. The fourth-order valence-corrected chi connectivity index (χ4v) is 2.20. The zero-order valence-electron chi connectivity index (χ0n) is 10.7. The highest BCUT2D eigenvalue weighted by atomic mass is 127. The molecule has 0 radical (unpaired) electrons. The van der Waals surface area contributed by atoms with Crippen molar-refractivity contribution in [2.45, 2.75) is 0 Å². The normalized spacial score (nSPS) is 10.1. The molecule has 0 saturated carbocycles. The Morgan fingerprint density at radius 1 is 1.21 bits per heavy atom. The molecule has 0 spiro atoms. The van der Waals surface area contributed by atoms with Gasteiger partial charge in [0, 0.05) is 17.7 Å². The summed E-state index contributed by atoms with van der Waals surface area (Å²) in [4.78, 5) is 18.3. The SMILES string of the molecule is CN(C)c1ccc(NC(=O)c2ccccc2I)cn1. The third kappa shape index (κ3) is 3.44. The minimum Gasteiger partial charge on any atom is -0.363 e. The summed E-state index contributed by atoms with van der Waals surface area (Å²) >= 11 is 2.15. The molecule has 0 atom stereocenters. The third-order valence-corrected chi connectivity index (χ3v) is 3.52. The van der Waals surface area contributed by atoms with E-state index in [1.165, 1.54) is 0 Å². The van der Waals surface area contributed by atoms with Gasteiger partial charge in [0.25, 0.3) is 5.91 Å². The lowest BCUT2D eigenvalue weighted by molar-refractivity contribution is 0.102. The molecule has 2 rings (SSSR count). The first-order valence-corrected chi connectivity index (χ1v) is 6.85. The highest BCUT2D eigenvalue weighted by molar-refractivity contribution is 14.1. The summed E-state index contributed by atoms with van der Waals surface area (Å²) < 4.78 is 0.926. The molecule has 0 aliphatic carbocycles. The molecule has 1 amide bonds. The van der Waals surface area contributed by atoms with Gasteiger partial charge in [0.1, 0.15) is 5.82 Å². The van der Waals surface area contributed by atoms with E-state index in [1.807, 2.05) is 49.3 Å². The van der Waals surface area contributed by atoms with Crippen LogP contribution in [0.5, 0.6) is 0 Å². The Kier molecular flexibility index (Phi) is 4.36. The Bertz CT molecular complexity index is 581. The molecule has 0 aliphatic heterocycles. The molecule has 0 saturated heterocycles. The zero-order valence-corrected chi connectivity index (χ0v) is 12.9. The van der Waals surface area contributed by atoms with E-state index >= 15 is 0 Å². The fourth-order valence-electron chi connectivity index (χ4n) is 1.57. The number of nitrogens with zero attached hydrogens (tertiary/aromatic N) is 2. The highest BCUT2D eigenvalue weighted by Gasteiger charge is 2.09. The van der Waals surface area contributed by atoms with Gasteiger partial charge in [0.2, 0.25) is 0 Å². The zero-order chi connectivity index (χ0) is 13.8. The summed E-state index contributed by atoms with van der Waals surface area (Å²) in [5, 5.41) is 2.84. The van der Waals surface area contributed by atoms with E-state index in [9.17, 15) is 4.79 Å². The predicted octanol–water partition coefficient (Wildman–Crippen LogP) is 3.00. The Morgan fingerprint density at radius 3 is 2.53 bits per heavy atom. The molecule has 1 N–H and O–H groups in total. The summed E-state index contributed by atoms with van der Waals surface area (Å²) in [6.45, 7) is 0. The number of benzene rings is 1. The van der Waals surface area contributed by atoms with Gasteiger partial charge in [-0.25, -0.2) is 4.98 Å². The molecule has 0 fully saturated rings.